The van der Waals surface area contributed by atoms with Crippen LogP contribution in [0.3, 0.4) is 0 Å². The fourth-order valence-corrected chi connectivity index (χ4v) is 0.328. The molecule has 0 spiro atoms. The number of halogens is 1. The molecule has 0 aliphatic carbocycles. The third-order valence-electron chi connectivity index (χ3n) is 0.441. The summed E-state index contributed by atoms with van der Waals surface area (Å²) in [6.07, 6.45) is 4.62. The molecule has 0 unspecified atom stereocenters. The van der Waals surface area contributed by atoms with Gasteiger partial charge >= 0.3 is 0 Å². The lowest BCUT2D eigenvalue weighted by atomic mass is 10.7. The molecule has 0 aromatic rings. The second kappa shape index (κ2) is 4.83. The van der Waals surface area contributed by atoms with Gasteiger partial charge in [0, 0.05) is 12.4 Å². The maximum absolute atomic E-state index is 5.10. The monoisotopic (exact) mass is 222 g/mol. The summed E-state index contributed by atoms with van der Waals surface area (Å²) < 4.78 is 0.766. The van der Waals surface area contributed by atoms with Crippen LogP contribution in [0, 0.1) is 0 Å². The fourth-order valence-electron chi connectivity index (χ4n) is 0.167. The smallest absolute Gasteiger partial charge is 0.116 e. The predicted octanol–water partition coefficient (Wildman–Crippen LogP) is 1.44. The minimum atomic E-state index is 0.766. The van der Waals surface area contributed by atoms with Crippen molar-refractivity contribution in [3.63, 3.8) is 0 Å². The Morgan fingerprint density at radius 2 is 2.38 bits per heavy atom. The number of nitrogens with two attached hydrogens (primary N) is 1. The molecule has 3 heteroatoms. The summed E-state index contributed by atoms with van der Waals surface area (Å²) in [5, 5.41) is 0. The van der Waals surface area contributed by atoms with Crippen molar-refractivity contribution in [2.24, 2.45) is 10.7 Å². The van der Waals surface area contributed by atoms with Crippen LogP contribution in [0.5, 0.6) is 0 Å². The Hall–Kier alpha value is -0.320. The normalized spacial score (nSPS) is 12.4. The molecule has 44 valence electrons. The van der Waals surface area contributed by atoms with E-state index in [2.05, 4.69) is 11.6 Å². The average molecular weight is 222 g/mol. The van der Waals surface area contributed by atoms with E-state index in [0.29, 0.717) is 0 Å². The zero-order chi connectivity index (χ0) is 6.41. The number of hydrogen-bond acceptors (Lipinski definition) is 2. The Morgan fingerprint density at radius 1 is 1.75 bits per heavy atom. The first-order chi connectivity index (χ1) is 3.81. The molecule has 0 aliphatic rings. The van der Waals surface area contributed by atoms with Gasteiger partial charge in [0.1, 0.15) is 3.70 Å². The summed E-state index contributed by atoms with van der Waals surface area (Å²) in [4.78, 5) is 3.84. The molecule has 8 heavy (non-hydrogen) atoms. The highest BCUT2D eigenvalue weighted by Gasteiger charge is 1.75. The van der Waals surface area contributed by atoms with Crippen molar-refractivity contribution < 1.29 is 0 Å². The van der Waals surface area contributed by atoms with Crippen LogP contribution in [0.25, 0.3) is 0 Å². The highest BCUT2D eigenvalue weighted by atomic mass is 127. The lowest BCUT2D eigenvalue weighted by molar-refractivity contribution is 1.48. The van der Waals surface area contributed by atoms with Crippen molar-refractivity contribution in [2.75, 3.05) is 0 Å². The van der Waals surface area contributed by atoms with Gasteiger partial charge in [0.05, 0.1) is 0 Å². The molecule has 0 aliphatic heterocycles. The number of aliphatic imine (C=N–C) groups is 1. The second-order valence-electron chi connectivity index (χ2n) is 1.00. The summed E-state index contributed by atoms with van der Waals surface area (Å²) in [6, 6.07) is 0. The van der Waals surface area contributed by atoms with Gasteiger partial charge in [0.2, 0.25) is 0 Å². The fraction of sp³-hybridized carbons (Fsp3) is 0. The molecule has 2 nitrogen and oxygen atoms in total. The molecule has 0 heterocycles. The third-order valence-corrected chi connectivity index (χ3v) is 1.08. The van der Waals surface area contributed by atoms with E-state index in [-0.39, 0.29) is 0 Å². The van der Waals surface area contributed by atoms with E-state index in [9.17, 15) is 0 Å². The van der Waals surface area contributed by atoms with Gasteiger partial charge in [-0.25, -0.2) is 4.99 Å². The van der Waals surface area contributed by atoms with E-state index in [1.807, 2.05) is 22.6 Å². The first-order valence-electron chi connectivity index (χ1n) is 2.03. The van der Waals surface area contributed by atoms with Crippen molar-refractivity contribution in [3.8, 4) is 0 Å². The molecular weight excluding hydrogens is 215 g/mol. The largest absolute Gasteiger partial charge is 0.402 e. The van der Waals surface area contributed by atoms with E-state index in [1.54, 1.807) is 12.3 Å². The van der Waals surface area contributed by atoms with Crippen LogP contribution in [-0.2, 0) is 0 Å². The van der Waals surface area contributed by atoms with Gasteiger partial charge in [-0.2, -0.15) is 0 Å². The van der Waals surface area contributed by atoms with Gasteiger partial charge in [0.25, 0.3) is 0 Å². The highest BCUT2D eigenvalue weighted by molar-refractivity contribution is 14.1. The minimum absolute atomic E-state index is 0.766. The number of nitrogens with zero attached hydrogens (tertiary/aromatic N) is 1. The van der Waals surface area contributed by atoms with Gasteiger partial charge in [-0.05, 0) is 22.6 Å². The number of allylic oxidation sites excluding steroid dienone is 1. The molecule has 0 aromatic carbocycles. The SMILES string of the molecule is C=CC=N/C(I)=C\N. The summed E-state index contributed by atoms with van der Waals surface area (Å²) in [5.74, 6) is 0. The lowest BCUT2D eigenvalue weighted by Crippen LogP contribution is -1.77. The van der Waals surface area contributed by atoms with Gasteiger partial charge in [-0.1, -0.05) is 12.7 Å². The van der Waals surface area contributed by atoms with E-state index in [0.717, 1.165) is 3.70 Å². The molecule has 0 amide bonds. The summed E-state index contributed by atoms with van der Waals surface area (Å²) >= 11 is 2.02. The van der Waals surface area contributed by atoms with E-state index < -0.39 is 0 Å². The Kier molecular flexibility index (Phi) is 4.64. The van der Waals surface area contributed by atoms with Crippen molar-refractivity contribution in [1.82, 2.24) is 0 Å². The third kappa shape index (κ3) is 3.86. The van der Waals surface area contributed by atoms with Crippen LogP contribution in [0.4, 0.5) is 0 Å². The Bertz CT molecular complexity index is 126. The van der Waals surface area contributed by atoms with Gasteiger partial charge < -0.3 is 5.73 Å². The molecule has 0 atom stereocenters. The van der Waals surface area contributed by atoms with E-state index >= 15 is 0 Å². The highest BCUT2D eigenvalue weighted by Crippen LogP contribution is 2.02. The van der Waals surface area contributed by atoms with Crippen LogP contribution >= 0.6 is 22.6 Å². The summed E-state index contributed by atoms with van der Waals surface area (Å²) in [5.41, 5.74) is 5.10. The molecule has 0 saturated heterocycles. The Balaban J connectivity index is 3.69. The maximum atomic E-state index is 5.10. The van der Waals surface area contributed by atoms with E-state index in [4.69, 9.17) is 5.73 Å². The van der Waals surface area contributed by atoms with Crippen molar-refractivity contribution >= 4 is 28.8 Å². The van der Waals surface area contributed by atoms with Gasteiger partial charge in [-0.3, -0.25) is 0 Å². The van der Waals surface area contributed by atoms with Crippen LogP contribution in [0.2, 0.25) is 0 Å². The van der Waals surface area contributed by atoms with Crippen LogP contribution in [-0.4, -0.2) is 6.21 Å². The second-order valence-corrected chi connectivity index (χ2v) is 2.11. The van der Waals surface area contributed by atoms with Gasteiger partial charge in [-0.15, -0.1) is 0 Å². The first kappa shape index (κ1) is 7.68. The molecule has 0 radical (unpaired) electrons. The molecule has 0 fully saturated rings. The Labute approximate surface area is 62.3 Å². The molecule has 0 saturated carbocycles. The number of hydrogen-bond donors (Lipinski definition) is 1. The van der Waals surface area contributed by atoms with Gasteiger partial charge in [0.15, 0.2) is 0 Å². The zero-order valence-electron chi connectivity index (χ0n) is 4.34. The number of rotatable bonds is 2. The molecule has 0 rings (SSSR count). The predicted molar refractivity (Wildman–Crippen MR) is 45.0 cm³/mol. The zero-order valence-corrected chi connectivity index (χ0v) is 6.50. The first-order valence-corrected chi connectivity index (χ1v) is 3.11. The quantitative estimate of drug-likeness (QED) is 0.428. The maximum Gasteiger partial charge on any atom is 0.116 e. The molecule has 0 aromatic heterocycles. The molecule has 2 N–H and O–H groups in total. The molecule has 0 bridgehead atoms. The standard InChI is InChI=1S/C5H7IN2/c1-2-3-8-5(6)4-7/h2-4H,1,7H2/b5-4-,8-3?. The summed E-state index contributed by atoms with van der Waals surface area (Å²) in [6.45, 7) is 3.45. The summed E-state index contributed by atoms with van der Waals surface area (Å²) in [7, 11) is 0. The minimum Gasteiger partial charge on any atom is -0.402 e. The van der Waals surface area contributed by atoms with Crippen molar-refractivity contribution in [2.45, 2.75) is 0 Å². The van der Waals surface area contributed by atoms with Crippen LogP contribution in [0.1, 0.15) is 0 Å². The van der Waals surface area contributed by atoms with Crippen molar-refractivity contribution in [3.05, 3.63) is 22.6 Å². The van der Waals surface area contributed by atoms with Crippen LogP contribution in [0.15, 0.2) is 27.6 Å². The Morgan fingerprint density at radius 3 is 2.75 bits per heavy atom. The average Bonchev–Trinajstić information content (AvgIpc) is 1.83. The topological polar surface area (TPSA) is 38.4 Å². The van der Waals surface area contributed by atoms with Crippen LogP contribution < -0.4 is 5.73 Å². The van der Waals surface area contributed by atoms with Crippen molar-refractivity contribution in [1.29, 1.82) is 0 Å². The van der Waals surface area contributed by atoms with E-state index in [1.165, 1.54) is 6.20 Å². The molecular formula is C5H7IN2. The lowest BCUT2D eigenvalue weighted by Gasteiger charge is -1.80.